The molecule has 6 heteroatoms. The van der Waals surface area contributed by atoms with Gasteiger partial charge >= 0.3 is 17.9 Å². The van der Waals surface area contributed by atoms with Crippen molar-refractivity contribution in [2.45, 2.75) is 309 Å². The zero-order valence-electron chi connectivity index (χ0n) is 43.5. The van der Waals surface area contributed by atoms with Crippen LogP contribution in [0.1, 0.15) is 303 Å². The molecule has 1 unspecified atom stereocenters. The topological polar surface area (TPSA) is 78.9 Å². The molecular weight excluding hydrogens is 805 g/mol. The molecule has 0 saturated heterocycles. The predicted octanol–water partition coefficient (Wildman–Crippen LogP) is 18.9. The van der Waals surface area contributed by atoms with Gasteiger partial charge < -0.3 is 14.2 Å². The number of hydrogen-bond donors (Lipinski definition) is 0. The van der Waals surface area contributed by atoms with Gasteiger partial charge in [-0.2, -0.15) is 0 Å². The molecule has 0 heterocycles. The van der Waals surface area contributed by atoms with Crippen LogP contribution in [0.5, 0.6) is 0 Å². The largest absolute Gasteiger partial charge is 0.462 e. The van der Waals surface area contributed by atoms with Gasteiger partial charge in [0, 0.05) is 19.3 Å². The minimum atomic E-state index is -0.793. The van der Waals surface area contributed by atoms with Crippen LogP contribution in [0.2, 0.25) is 0 Å². The molecule has 0 rings (SSSR count). The van der Waals surface area contributed by atoms with E-state index >= 15 is 0 Å². The summed E-state index contributed by atoms with van der Waals surface area (Å²) in [5, 5.41) is 0. The average Bonchev–Trinajstić information content (AvgIpc) is 3.30. The van der Waals surface area contributed by atoms with E-state index in [0.717, 1.165) is 57.8 Å². The molecule has 0 aromatic rings. The number of ether oxygens (including phenoxy) is 3. The van der Waals surface area contributed by atoms with Gasteiger partial charge in [0.25, 0.3) is 0 Å². The van der Waals surface area contributed by atoms with Gasteiger partial charge in [-0.25, -0.2) is 0 Å². The lowest BCUT2D eigenvalue weighted by Gasteiger charge is -2.18. The van der Waals surface area contributed by atoms with Crippen LogP contribution in [0, 0.1) is 0 Å². The van der Waals surface area contributed by atoms with Crippen LogP contribution < -0.4 is 0 Å². The Kier molecular flexibility index (Phi) is 52.3. The molecule has 0 amide bonds. The fourth-order valence-electron chi connectivity index (χ4n) is 8.34. The van der Waals surface area contributed by atoms with Gasteiger partial charge in [0.2, 0.25) is 0 Å². The highest BCUT2D eigenvalue weighted by Crippen LogP contribution is 2.16. The van der Waals surface area contributed by atoms with Crippen molar-refractivity contribution in [2.75, 3.05) is 13.2 Å². The number of unbranched alkanes of at least 4 members (excludes halogenated alkanes) is 35. The van der Waals surface area contributed by atoms with E-state index in [1.54, 1.807) is 0 Å². The maximum absolute atomic E-state index is 12.8. The first kappa shape index (κ1) is 62.6. The molecule has 0 bridgehead atoms. The summed E-state index contributed by atoms with van der Waals surface area (Å²) in [6.45, 7) is 6.63. The van der Waals surface area contributed by atoms with E-state index in [-0.39, 0.29) is 37.5 Å². The molecule has 0 aromatic carbocycles. The third-order valence-corrected chi connectivity index (χ3v) is 12.6. The normalized spacial score (nSPS) is 12.2. The molecule has 1 atom stereocenters. The molecule has 0 fully saturated rings. The first-order chi connectivity index (χ1) is 32.0. The molecule has 0 saturated carbocycles. The Morgan fingerprint density at radius 2 is 0.569 bits per heavy atom. The molecule has 0 spiro atoms. The van der Waals surface area contributed by atoms with Crippen molar-refractivity contribution in [3.05, 3.63) is 36.5 Å². The summed E-state index contributed by atoms with van der Waals surface area (Å²) in [6.07, 6.45) is 64.3. The van der Waals surface area contributed by atoms with E-state index in [1.807, 2.05) is 0 Å². The molecule has 0 aliphatic heterocycles. The van der Waals surface area contributed by atoms with Gasteiger partial charge in [-0.15, -0.1) is 0 Å². The zero-order chi connectivity index (χ0) is 47.2. The van der Waals surface area contributed by atoms with Crippen LogP contribution in [-0.2, 0) is 28.6 Å². The highest BCUT2D eigenvalue weighted by molar-refractivity contribution is 5.71. The fraction of sp³-hybridized carbons (Fsp3) is 0.847. The van der Waals surface area contributed by atoms with Crippen molar-refractivity contribution in [1.29, 1.82) is 0 Å². The van der Waals surface area contributed by atoms with E-state index in [0.29, 0.717) is 19.3 Å². The fourth-order valence-corrected chi connectivity index (χ4v) is 8.34. The van der Waals surface area contributed by atoms with Crippen molar-refractivity contribution in [3.8, 4) is 0 Å². The van der Waals surface area contributed by atoms with E-state index < -0.39 is 6.10 Å². The van der Waals surface area contributed by atoms with Crippen molar-refractivity contribution in [2.24, 2.45) is 0 Å². The highest BCUT2D eigenvalue weighted by Gasteiger charge is 2.19. The van der Waals surface area contributed by atoms with E-state index in [1.165, 1.54) is 199 Å². The van der Waals surface area contributed by atoms with Crippen molar-refractivity contribution in [1.82, 2.24) is 0 Å². The van der Waals surface area contributed by atoms with E-state index in [2.05, 4.69) is 57.2 Å². The molecule has 0 aliphatic carbocycles. The smallest absolute Gasteiger partial charge is 0.306 e. The summed E-state index contributed by atoms with van der Waals surface area (Å²) in [5.74, 6) is -0.923. The number of allylic oxidation sites excluding steroid dienone is 6. The van der Waals surface area contributed by atoms with Crippen LogP contribution >= 0.6 is 0 Å². The van der Waals surface area contributed by atoms with E-state index in [9.17, 15) is 14.4 Å². The Morgan fingerprint density at radius 1 is 0.308 bits per heavy atom. The minimum absolute atomic E-state index is 0.0873. The van der Waals surface area contributed by atoms with Crippen LogP contribution in [-0.4, -0.2) is 37.2 Å². The number of rotatable bonds is 52. The molecule has 380 valence electrons. The quantitative estimate of drug-likeness (QED) is 0.0262. The van der Waals surface area contributed by atoms with Gasteiger partial charge in [-0.05, 0) is 51.4 Å². The maximum atomic E-state index is 12.8. The lowest BCUT2D eigenvalue weighted by atomic mass is 10.0. The van der Waals surface area contributed by atoms with Gasteiger partial charge in [-0.1, -0.05) is 269 Å². The summed E-state index contributed by atoms with van der Waals surface area (Å²) in [4.78, 5) is 38.1. The Hall–Kier alpha value is -2.37. The summed E-state index contributed by atoms with van der Waals surface area (Å²) in [7, 11) is 0. The van der Waals surface area contributed by atoms with Crippen LogP contribution in [0.4, 0.5) is 0 Å². The van der Waals surface area contributed by atoms with Crippen LogP contribution in [0.15, 0.2) is 36.5 Å². The number of carbonyl (C=O) groups excluding carboxylic acids is 3. The monoisotopic (exact) mass is 913 g/mol. The summed E-state index contributed by atoms with van der Waals surface area (Å²) in [6, 6.07) is 0. The summed E-state index contributed by atoms with van der Waals surface area (Å²) in [5.41, 5.74) is 0. The van der Waals surface area contributed by atoms with Gasteiger partial charge in [0.05, 0.1) is 0 Å². The third-order valence-electron chi connectivity index (χ3n) is 12.6. The third kappa shape index (κ3) is 52.5. The van der Waals surface area contributed by atoms with E-state index in [4.69, 9.17) is 14.2 Å². The molecule has 6 nitrogen and oxygen atoms in total. The first-order valence-electron chi connectivity index (χ1n) is 28.5. The first-order valence-corrected chi connectivity index (χ1v) is 28.5. The molecule has 0 aromatic heterocycles. The van der Waals surface area contributed by atoms with Crippen molar-refractivity contribution < 1.29 is 28.6 Å². The Labute approximate surface area is 404 Å². The van der Waals surface area contributed by atoms with Crippen molar-refractivity contribution in [3.63, 3.8) is 0 Å². The number of hydrogen-bond acceptors (Lipinski definition) is 6. The Balaban J connectivity index is 4.38. The molecule has 0 aliphatic rings. The second kappa shape index (κ2) is 54.2. The Bertz CT molecular complexity index is 1090. The second-order valence-electron chi connectivity index (χ2n) is 19.2. The SMILES string of the molecule is CCCCCCCC/C=C\C/C=C\C/C=C\CCCC(=O)OC(COC(=O)CCCCCCCCCCCCCC)COC(=O)CCCCCCCCCCCCCCCCCCCC. The van der Waals surface area contributed by atoms with Crippen molar-refractivity contribution >= 4 is 17.9 Å². The number of esters is 3. The predicted molar refractivity (Wildman–Crippen MR) is 279 cm³/mol. The lowest BCUT2D eigenvalue weighted by Crippen LogP contribution is -2.30. The number of carbonyl (C=O) groups is 3. The zero-order valence-corrected chi connectivity index (χ0v) is 43.5. The van der Waals surface area contributed by atoms with Crippen LogP contribution in [0.3, 0.4) is 0 Å². The summed E-state index contributed by atoms with van der Waals surface area (Å²) < 4.78 is 16.8. The van der Waals surface area contributed by atoms with Gasteiger partial charge in [0.15, 0.2) is 6.10 Å². The molecule has 65 heavy (non-hydrogen) atoms. The standard InChI is InChI=1S/C59H108O6/c1-4-7-10-13-16-19-22-25-27-29-31-32-34-37-40-43-46-49-52-58(61)64-55-56(54-63-57(60)51-48-45-42-39-36-24-21-18-15-12-9-6-3)65-59(62)53-50-47-44-41-38-35-33-30-28-26-23-20-17-14-11-8-5-2/h26,28,33,35,41,44,56H,4-25,27,29-32,34,36-40,42-43,45-55H2,1-3H3/b28-26-,35-33-,44-41-. The molecular formula is C59H108O6. The minimum Gasteiger partial charge on any atom is -0.462 e. The van der Waals surface area contributed by atoms with Gasteiger partial charge in [-0.3, -0.25) is 14.4 Å². The highest BCUT2D eigenvalue weighted by atomic mass is 16.6. The maximum Gasteiger partial charge on any atom is 0.306 e. The lowest BCUT2D eigenvalue weighted by molar-refractivity contribution is -0.167. The molecule has 0 radical (unpaired) electrons. The second-order valence-corrected chi connectivity index (χ2v) is 19.2. The molecule has 0 N–H and O–H groups in total. The van der Waals surface area contributed by atoms with Crippen LogP contribution in [0.25, 0.3) is 0 Å². The Morgan fingerprint density at radius 3 is 0.908 bits per heavy atom. The summed E-state index contributed by atoms with van der Waals surface area (Å²) >= 11 is 0. The van der Waals surface area contributed by atoms with Gasteiger partial charge in [0.1, 0.15) is 13.2 Å². The average molecular weight is 914 g/mol.